The lowest BCUT2D eigenvalue weighted by atomic mass is 9.87. The van der Waals surface area contributed by atoms with Gasteiger partial charge in [0.05, 0.1) is 6.10 Å². The number of aliphatic hydroxyl groups excluding tert-OH is 1. The monoisotopic (exact) mass is 241 g/mol. The smallest absolute Gasteiger partial charge is 0.220 e. The van der Waals surface area contributed by atoms with Crippen molar-refractivity contribution in [3.8, 4) is 0 Å². The van der Waals surface area contributed by atoms with Crippen LogP contribution in [0.15, 0.2) is 0 Å². The molecule has 0 spiro atoms. The summed E-state index contributed by atoms with van der Waals surface area (Å²) in [4.78, 5) is 11.7. The Bertz CT molecular complexity index is 224. The standard InChI is InChI=1S/C14H27NO2/c1-3-11(2)13(16)10-15-14(17)9-12-7-5-4-6-8-12/h11-13,16H,3-10H2,1-2H3,(H,15,17). The normalized spacial score (nSPS) is 20.9. The van der Waals surface area contributed by atoms with Crippen molar-refractivity contribution < 1.29 is 9.90 Å². The molecule has 2 unspecified atom stereocenters. The van der Waals surface area contributed by atoms with E-state index in [0.717, 1.165) is 6.42 Å². The van der Waals surface area contributed by atoms with Gasteiger partial charge in [-0.05, 0) is 24.7 Å². The van der Waals surface area contributed by atoms with Crippen molar-refractivity contribution in [1.82, 2.24) is 5.32 Å². The molecule has 0 aromatic carbocycles. The Hall–Kier alpha value is -0.570. The summed E-state index contributed by atoms with van der Waals surface area (Å²) in [7, 11) is 0. The first-order valence-electron chi connectivity index (χ1n) is 7.08. The summed E-state index contributed by atoms with van der Waals surface area (Å²) >= 11 is 0. The molecule has 3 heteroatoms. The van der Waals surface area contributed by atoms with Gasteiger partial charge in [-0.25, -0.2) is 0 Å². The van der Waals surface area contributed by atoms with Gasteiger partial charge >= 0.3 is 0 Å². The molecule has 1 aliphatic rings. The van der Waals surface area contributed by atoms with Crippen LogP contribution in [0.1, 0.15) is 58.8 Å². The second-order valence-corrected chi connectivity index (χ2v) is 5.47. The van der Waals surface area contributed by atoms with Gasteiger partial charge in [-0.3, -0.25) is 4.79 Å². The Kier molecular flexibility index (Phi) is 6.56. The minimum atomic E-state index is -0.407. The highest BCUT2D eigenvalue weighted by atomic mass is 16.3. The SMILES string of the molecule is CCC(C)C(O)CNC(=O)CC1CCCCC1. The van der Waals surface area contributed by atoms with E-state index >= 15 is 0 Å². The molecule has 100 valence electrons. The van der Waals surface area contributed by atoms with Gasteiger partial charge in [0.1, 0.15) is 0 Å². The molecular weight excluding hydrogens is 214 g/mol. The maximum atomic E-state index is 11.7. The molecule has 17 heavy (non-hydrogen) atoms. The Morgan fingerprint density at radius 1 is 1.35 bits per heavy atom. The second-order valence-electron chi connectivity index (χ2n) is 5.47. The fraction of sp³-hybridized carbons (Fsp3) is 0.929. The maximum absolute atomic E-state index is 11.7. The largest absolute Gasteiger partial charge is 0.391 e. The number of aliphatic hydroxyl groups is 1. The number of rotatable bonds is 6. The zero-order valence-corrected chi connectivity index (χ0v) is 11.2. The van der Waals surface area contributed by atoms with Crippen LogP contribution in [0.25, 0.3) is 0 Å². The van der Waals surface area contributed by atoms with Gasteiger partial charge in [-0.2, -0.15) is 0 Å². The second kappa shape index (κ2) is 7.70. The van der Waals surface area contributed by atoms with Crippen LogP contribution in [-0.4, -0.2) is 23.7 Å². The van der Waals surface area contributed by atoms with Crippen LogP contribution < -0.4 is 5.32 Å². The summed E-state index contributed by atoms with van der Waals surface area (Å²) in [6, 6.07) is 0. The molecule has 0 aromatic heterocycles. The van der Waals surface area contributed by atoms with Crippen molar-refractivity contribution in [2.45, 2.75) is 64.9 Å². The Balaban J connectivity index is 2.16. The number of hydrogen-bond donors (Lipinski definition) is 2. The molecule has 0 saturated heterocycles. The first-order valence-corrected chi connectivity index (χ1v) is 7.08. The molecule has 0 heterocycles. The summed E-state index contributed by atoms with van der Waals surface area (Å²) in [6.07, 6.45) is 7.44. The summed E-state index contributed by atoms with van der Waals surface area (Å²) in [5.74, 6) is 0.939. The molecule has 1 amide bonds. The van der Waals surface area contributed by atoms with Crippen LogP contribution in [0.5, 0.6) is 0 Å². The van der Waals surface area contributed by atoms with Crippen molar-refractivity contribution in [3.63, 3.8) is 0 Å². The van der Waals surface area contributed by atoms with E-state index in [1.54, 1.807) is 0 Å². The number of carbonyl (C=O) groups excluding carboxylic acids is 1. The lowest BCUT2D eigenvalue weighted by molar-refractivity contribution is -0.122. The highest BCUT2D eigenvalue weighted by Crippen LogP contribution is 2.26. The zero-order chi connectivity index (χ0) is 12.7. The molecule has 1 aliphatic carbocycles. The summed E-state index contributed by atoms with van der Waals surface area (Å²) in [6.45, 7) is 4.47. The Morgan fingerprint density at radius 2 is 2.00 bits per heavy atom. The van der Waals surface area contributed by atoms with E-state index in [2.05, 4.69) is 12.2 Å². The molecule has 0 aliphatic heterocycles. The molecule has 1 rings (SSSR count). The first-order chi connectivity index (χ1) is 8.13. The zero-order valence-electron chi connectivity index (χ0n) is 11.2. The number of amides is 1. The third kappa shape index (κ3) is 5.53. The van der Waals surface area contributed by atoms with Crippen LogP contribution in [0, 0.1) is 11.8 Å². The van der Waals surface area contributed by atoms with Crippen molar-refractivity contribution in [2.75, 3.05) is 6.54 Å². The minimum Gasteiger partial charge on any atom is -0.391 e. The minimum absolute atomic E-state index is 0.110. The lowest BCUT2D eigenvalue weighted by Gasteiger charge is -2.22. The van der Waals surface area contributed by atoms with Crippen LogP contribution >= 0.6 is 0 Å². The van der Waals surface area contributed by atoms with Crippen molar-refractivity contribution >= 4 is 5.91 Å². The highest BCUT2D eigenvalue weighted by Gasteiger charge is 2.18. The molecule has 3 nitrogen and oxygen atoms in total. The summed E-state index contributed by atoms with van der Waals surface area (Å²) in [5.41, 5.74) is 0. The van der Waals surface area contributed by atoms with Gasteiger partial charge in [0.25, 0.3) is 0 Å². The number of carbonyl (C=O) groups is 1. The van der Waals surface area contributed by atoms with Crippen molar-refractivity contribution in [1.29, 1.82) is 0 Å². The van der Waals surface area contributed by atoms with Gasteiger partial charge in [-0.1, -0.05) is 39.5 Å². The van der Waals surface area contributed by atoms with E-state index in [9.17, 15) is 9.90 Å². The first kappa shape index (κ1) is 14.5. The molecule has 1 fully saturated rings. The van der Waals surface area contributed by atoms with Gasteiger partial charge in [-0.15, -0.1) is 0 Å². The van der Waals surface area contributed by atoms with Crippen LogP contribution in [0.2, 0.25) is 0 Å². The topological polar surface area (TPSA) is 49.3 Å². The molecule has 2 N–H and O–H groups in total. The van der Waals surface area contributed by atoms with Crippen molar-refractivity contribution in [2.24, 2.45) is 11.8 Å². The fourth-order valence-corrected chi connectivity index (χ4v) is 2.42. The molecular formula is C14H27NO2. The Morgan fingerprint density at radius 3 is 2.59 bits per heavy atom. The molecule has 2 atom stereocenters. The summed E-state index contributed by atoms with van der Waals surface area (Å²) in [5, 5.41) is 12.6. The molecule has 0 bridgehead atoms. The summed E-state index contributed by atoms with van der Waals surface area (Å²) < 4.78 is 0. The van der Waals surface area contributed by atoms with E-state index in [1.807, 2.05) is 6.92 Å². The maximum Gasteiger partial charge on any atom is 0.220 e. The predicted octanol–water partition coefficient (Wildman–Crippen LogP) is 2.48. The number of hydrogen-bond acceptors (Lipinski definition) is 2. The third-order valence-corrected chi connectivity index (χ3v) is 4.01. The molecule has 0 radical (unpaired) electrons. The van der Waals surface area contributed by atoms with Gasteiger partial charge in [0.2, 0.25) is 5.91 Å². The van der Waals surface area contributed by atoms with E-state index < -0.39 is 6.10 Å². The highest BCUT2D eigenvalue weighted by molar-refractivity contribution is 5.76. The average Bonchev–Trinajstić information content (AvgIpc) is 2.36. The lowest BCUT2D eigenvalue weighted by Crippen LogP contribution is -2.36. The van der Waals surface area contributed by atoms with E-state index in [0.29, 0.717) is 18.9 Å². The van der Waals surface area contributed by atoms with E-state index in [-0.39, 0.29) is 11.8 Å². The molecule has 0 aromatic rings. The van der Waals surface area contributed by atoms with Crippen molar-refractivity contribution in [3.05, 3.63) is 0 Å². The van der Waals surface area contributed by atoms with Crippen LogP contribution in [0.3, 0.4) is 0 Å². The number of nitrogens with one attached hydrogen (secondary N) is 1. The van der Waals surface area contributed by atoms with Gasteiger partial charge in [0.15, 0.2) is 0 Å². The van der Waals surface area contributed by atoms with E-state index in [1.165, 1.54) is 32.1 Å². The molecule has 1 saturated carbocycles. The fourth-order valence-electron chi connectivity index (χ4n) is 2.42. The quantitative estimate of drug-likeness (QED) is 0.750. The van der Waals surface area contributed by atoms with Gasteiger partial charge < -0.3 is 10.4 Å². The average molecular weight is 241 g/mol. The van der Waals surface area contributed by atoms with Crippen LogP contribution in [0.4, 0.5) is 0 Å². The third-order valence-electron chi connectivity index (χ3n) is 4.01. The van der Waals surface area contributed by atoms with Crippen LogP contribution in [-0.2, 0) is 4.79 Å². The van der Waals surface area contributed by atoms with E-state index in [4.69, 9.17) is 0 Å². The van der Waals surface area contributed by atoms with Gasteiger partial charge in [0, 0.05) is 13.0 Å². The Labute approximate surface area is 105 Å². The predicted molar refractivity (Wildman–Crippen MR) is 69.7 cm³/mol.